The topological polar surface area (TPSA) is 52.6 Å². The van der Waals surface area contributed by atoms with Gasteiger partial charge in [0.05, 0.1) is 12.5 Å². The van der Waals surface area contributed by atoms with E-state index >= 15 is 0 Å². The van der Waals surface area contributed by atoms with Gasteiger partial charge < -0.3 is 9.47 Å². The van der Waals surface area contributed by atoms with E-state index in [2.05, 4.69) is 13.8 Å². The van der Waals surface area contributed by atoms with Crippen LogP contribution < -0.4 is 0 Å². The van der Waals surface area contributed by atoms with Gasteiger partial charge in [-0.3, -0.25) is 4.79 Å². The SMILES string of the molecule is CCC(C)C1CCC(C(=O)OC2CCOC2=O)CC1. The molecule has 1 heterocycles. The van der Waals surface area contributed by atoms with E-state index in [-0.39, 0.29) is 17.9 Å². The summed E-state index contributed by atoms with van der Waals surface area (Å²) in [5.74, 6) is 0.870. The van der Waals surface area contributed by atoms with Gasteiger partial charge in [-0.15, -0.1) is 0 Å². The highest BCUT2D eigenvalue weighted by atomic mass is 16.6. The molecule has 0 spiro atoms. The number of hydrogen-bond acceptors (Lipinski definition) is 4. The van der Waals surface area contributed by atoms with Crippen LogP contribution in [0.3, 0.4) is 0 Å². The van der Waals surface area contributed by atoms with E-state index in [1.165, 1.54) is 6.42 Å². The van der Waals surface area contributed by atoms with Gasteiger partial charge in [0.2, 0.25) is 6.10 Å². The Bertz CT molecular complexity index is 331. The fraction of sp³-hybridized carbons (Fsp3) is 0.867. The van der Waals surface area contributed by atoms with E-state index in [9.17, 15) is 9.59 Å². The number of hydrogen-bond donors (Lipinski definition) is 0. The molecule has 1 saturated carbocycles. The summed E-state index contributed by atoms with van der Waals surface area (Å²) in [4.78, 5) is 23.3. The van der Waals surface area contributed by atoms with Crippen LogP contribution in [0.2, 0.25) is 0 Å². The lowest BCUT2D eigenvalue weighted by Gasteiger charge is -2.31. The molecule has 0 aromatic rings. The Labute approximate surface area is 114 Å². The second-order valence-corrected chi connectivity index (χ2v) is 5.88. The lowest BCUT2D eigenvalue weighted by atomic mass is 9.75. The minimum Gasteiger partial charge on any atom is -0.463 e. The van der Waals surface area contributed by atoms with Crippen molar-refractivity contribution < 1.29 is 19.1 Å². The molecule has 0 aromatic heterocycles. The Balaban J connectivity index is 1.77. The number of carbonyl (C=O) groups excluding carboxylic acids is 2. The van der Waals surface area contributed by atoms with E-state index in [0.717, 1.165) is 37.5 Å². The summed E-state index contributed by atoms with van der Waals surface area (Å²) < 4.78 is 10.1. The summed E-state index contributed by atoms with van der Waals surface area (Å²) in [5, 5.41) is 0. The molecule has 2 atom stereocenters. The Hall–Kier alpha value is -1.06. The van der Waals surface area contributed by atoms with Crippen molar-refractivity contribution in [2.75, 3.05) is 6.61 Å². The summed E-state index contributed by atoms with van der Waals surface area (Å²) in [6, 6.07) is 0. The lowest BCUT2D eigenvalue weighted by Crippen LogP contribution is -2.30. The predicted octanol–water partition coefficient (Wildman–Crippen LogP) is 2.70. The van der Waals surface area contributed by atoms with Gasteiger partial charge in [0.1, 0.15) is 0 Å². The fourth-order valence-electron chi connectivity index (χ4n) is 3.08. The van der Waals surface area contributed by atoms with Gasteiger partial charge in [-0.25, -0.2) is 4.79 Å². The standard InChI is InChI=1S/C15H24O4/c1-3-10(2)11-4-6-12(7-5-11)14(16)19-13-8-9-18-15(13)17/h10-13H,3-9H2,1-2H3. The van der Waals surface area contributed by atoms with Crippen LogP contribution in [0.25, 0.3) is 0 Å². The van der Waals surface area contributed by atoms with Crippen LogP contribution in [0.1, 0.15) is 52.4 Å². The molecule has 0 bridgehead atoms. The van der Waals surface area contributed by atoms with E-state index in [1.807, 2.05) is 0 Å². The number of esters is 2. The van der Waals surface area contributed by atoms with Crippen molar-refractivity contribution in [1.82, 2.24) is 0 Å². The number of cyclic esters (lactones) is 1. The largest absolute Gasteiger partial charge is 0.463 e. The molecular weight excluding hydrogens is 244 g/mol. The van der Waals surface area contributed by atoms with Crippen LogP contribution in [0.4, 0.5) is 0 Å². The first-order valence-corrected chi connectivity index (χ1v) is 7.49. The molecule has 0 radical (unpaired) electrons. The maximum absolute atomic E-state index is 12.0. The van der Waals surface area contributed by atoms with Gasteiger partial charge in [0, 0.05) is 6.42 Å². The third kappa shape index (κ3) is 3.48. The van der Waals surface area contributed by atoms with Gasteiger partial charge >= 0.3 is 11.9 Å². The monoisotopic (exact) mass is 268 g/mol. The molecular formula is C15H24O4. The lowest BCUT2D eigenvalue weighted by molar-refractivity contribution is -0.164. The molecule has 19 heavy (non-hydrogen) atoms. The summed E-state index contributed by atoms with van der Waals surface area (Å²) in [6.45, 7) is 4.88. The van der Waals surface area contributed by atoms with E-state index < -0.39 is 6.10 Å². The van der Waals surface area contributed by atoms with Gasteiger partial charge in [-0.1, -0.05) is 20.3 Å². The smallest absolute Gasteiger partial charge is 0.347 e. The zero-order valence-corrected chi connectivity index (χ0v) is 11.9. The molecule has 1 saturated heterocycles. The Morgan fingerprint density at radius 3 is 2.53 bits per heavy atom. The van der Waals surface area contributed by atoms with E-state index in [0.29, 0.717) is 13.0 Å². The Kier molecular flexibility index (Phi) is 4.83. The molecule has 4 heteroatoms. The second-order valence-electron chi connectivity index (χ2n) is 5.88. The van der Waals surface area contributed by atoms with E-state index in [4.69, 9.17) is 9.47 Å². The zero-order valence-electron chi connectivity index (χ0n) is 11.9. The van der Waals surface area contributed by atoms with Crippen LogP contribution in [0.15, 0.2) is 0 Å². The van der Waals surface area contributed by atoms with Crippen molar-refractivity contribution in [3.05, 3.63) is 0 Å². The van der Waals surface area contributed by atoms with Crippen LogP contribution >= 0.6 is 0 Å². The molecule has 2 fully saturated rings. The summed E-state index contributed by atoms with van der Waals surface area (Å²) in [5.41, 5.74) is 0. The highest BCUT2D eigenvalue weighted by Crippen LogP contribution is 2.35. The normalized spacial score (nSPS) is 32.7. The fourth-order valence-corrected chi connectivity index (χ4v) is 3.08. The Morgan fingerprint density at radius 2 is 2.00 bits per heavy atom. The number of ether oxygens (including phenoxy) is 2. The third-order valence-electron chi connectivity index (χ3n) is 4.70. The molecule has 108 valence electrons. The first-order chi connectivity index (χ1) is 9.11. The van der Waals surface area contributed by atoms with Crippen molar-refractivity contribution in [3.63, 3.8) is 0 Å². The molecule has 1 aliphatic carbocycles. The van der Waals surface area contributed by atoms with Crippen LogP contribution in [-0.4, -0.2) is 24.6 Å². The maximum Gasteiger partial charge on any atom is 0.347 e. The average Bonchev–Trinajstić information content (AvgIpc) is 2.83. The average molecular weight is 268 g/mol. The van der Waals surface area contributed by atoms with E-state index in [1.54, 1.807) is 0 Å². The van der Waals surface area contributed by atoms with Crippen molar-refractivity contribution in [2.24, 2.45) is 17.8 Å². The van der Waals surface area contributed by atoms with Crippen LogP contribution in [-0.2, 0) is 19.1 Å². The van der Waals surface area contributed by atoms with Crippen molar-refractivity contribution in [1.29, 1.82) is 0 Å². The minimum absolute atomic E-state index is 0.0197. The highest BCUT2D eigenvalue weighted by molar-refractivity contribution is 5.81. The van der Waals surface area contributed by atoms with Crippen molar-refractivity contribution in [2.45, 2.75) is 58.5 Å². The van der Waals surface area contributed by atoms with Crippen molar-refractivity contribution in [3.8, 4) is 0 Å². The number of carbonyl (C=O) groups is 2. The maximum atomic E-state index is 12.0. The zero-order chi connectivity index (χ0) is 13.8. The Morgan fingerprint density at radius 1 is 1.32 bits per heavy atom. The molecule has 2 rings (SSSR count). The van der Waals surface area contributed by atoms with Gasteiger partial charge in [-0.2, -0.15) is 0 Å². The molecule has 4 nitrogen and oxygen atoms in total. The van der Waals surface area contributed by atoms with Gasteiger partial charge in [-0.05, 0) is 37.5 Å². The molecule has 0 aromatic carbocycles. The molecule has 2 aliphatic rings. The summed E-state index contributed by atoms with van der Waals surface area (Å²) >= 11 is 0. The van der Waals surface area contributed by atoms with Gasteiger partial charge in [0.25, 0.3) is 0 Å². The van der Waals surface area contributed by atoms with Gasteiger partial charge in [0.15, 0.2) is 0 Å². The molecule has 0 N–H and O–H groups in total. The number of rotatable bonds is 4. The first kappa shape index (κ1) is 14.4. The highest BCUT2D eigenvalue weighted by Gasteiger charge is 2.34. The van der Waals surface area contributed by atoms with Crippen molar-refractivity contribution >= 4 is 11.9 Å². The summed E-state index contributed by atoms with van der Waals surface area (Å²) in [6.07, 6.45) is 5.05. The minimum atomic E-state index is -0.653. The third-order valence-corrected chi connectivity index (χ3v) is 4.70. The quantitative estimate of drug-likeness (QED) is 0.736. The molecule has 0 amide bonds. The second kappa shape index (κ2) is 6.40. The first-order valence-electron chi connectivity index (χ1n) is 7.49. The summed E-state index contributed by atoms with van der Waals surface area (Å²) in [7, 11) is 0. The van der Waals surface area contributed by atoms with Crippen LogP contribution in [0.5, 0.6) is 0 Å². The molecule has 2 unspecified atom stereocenters. The molecule has 1 aliphatic heterocycles. The van der Waals surface area contributed by atoms with Crippen LogP contribution in [0, 0.1) is 17.8 Å². The predicted molar refractivity (Wildman–Crippen MR) is 70.4 cm³/mol.